The van der Waals surface area contributed by atoms with Crippen molar-refractivity contribution in [3.8, 4) is 22.6 Å². The minimum atomic E-state index is -3.19. The number of likely N-dealkylation sites (tertiary alicyclic amines) is 1. The molecule has 2 heterocycles. The number of sulfone groups is 1. The molecular weight excluding hydrogens is 420 g/mol. The lowest BCUT2D eigenvalue weighted by Crippen LogP contribution is -2.29. The van der Waals surface area contributed by atoms with Crippen molar-refractivity contribution in [2.75, 3.05) is 18.8 Å². The van der Waals surface area contributed by atoms with E-state index in [4.69, 9.17) is 9.40 Å². The maximum Gasteiger partial charge on any atom is 0.226 e. The summed E-state index contributed by atoms with van der Waals surface area (Å²) in [5.41, 5.74) is 3.99. The van der Waals surface area contributed by atoms with Gasteiger partial charge in [-0.25, -0.2) is 13.4 Å². The van der Waals surface area contributed by atoms with Crippen molar-refractivity contribution in [2.24, 2.45) is 0 Å². The van der Waals surface area contributed by atoms with Gasteiger partial charge in [0.1, 0.15) is 5.76 Å². The van der Waals surface area contributed by atoms with Gasteiger partial charge in [0.25, 0.3) is 0 Å². The summed E-state index contributed by atoms with van der Waals surface area (Å²) in [4.78, 5) is 7.67. The summed E-state index contributed by atoms with van der Waals surface area (Å²) in [5.74, 6) is 1.72. The Hall–Kier alpha value is -2.44. The van der Waals surface area contributed by atoms with Crippen LogP contribution in [0.2, 0.25) is 0 Å². The van der Waals surface area contributed by atoms with Crippen LogP contribution < -0.4 is 0 Å². The van der Waals surface area contributed by atoms with Gasteiger partial charge in [0.15, 0.2) is 9.84 Å². The third kappa shape index (κ3) is 4.97. The van der Waals surface area contributed by atoms with Crippen molar-refractivity contribution < 1.29 is 12.8 Å². The average Bonchev–Trinajstić information content (AvgIpc) is 3.37. The van der Waals surface area contributed by atoms with E-state index >= 15 is 0 Å². The van der Waals surface area contributed by atoms with E-state index < -0.39 is 9.84 Å². The number of oxazole rings is 1. The summed E-state index contributed by atoms with van der Waals surface area (Å²) >= 11 is 0. The van der Waals surface area contributed by atoms with Gasteiger partial charge in [-0.2, -0.15) is 0 Å². The van der Waals surface area contributed by atoms with Crippen LogP contribution in [-0.4, -0.2) is 43.2 Å². The van der Waals surface area contributed by atoms with Crippen molar-refractivity contribution >= 4 is 9.84 Å². The Labute approximate surface area is 191 Å². The molecule has 0 saturated carbocycles. The molecule has 1 unspecified atom stereocenters. The number of benzene rings is 2. The maximum absolute atomic E-state index is 12.2. The number of rotatable bonds is 8. The largest absolute Gasteiger partial charge is 0.441 e. The fourth-order valence-electron chi connectivity index (χ4n) is 4.40. The molecule has 0 aliphatic carbocycles. The van der Waals surface area contributed by atoms with Gasteiger partial charge in [-0.3, -0.25) is 0 Å². The Balaban J connectivity index is 1.46. The minimum Gasteiger partial charge on any atom is -0.441 e. The quantitative estimate of drug-likeness (QED) is 0.450. The molecule has 0 N–H and O–H groups in total. The van der Waals surface area contributed by atoms with Crippen molar-refractivity contribution in [2.45, 2.75) is 57.4 Å². The zero-order valence-corrected chi connectivity index (χ0v) is 20.0. The number of aryl methyl sites for hydroxylation is 1. The molecule has 32 heavy (non-hydrogen) atoms. The van der Waals surface area contributed by atoms with Crippen molar-refractivity contribution in [1.82, 2.24) is 9.88 Å². The maximum atomic E-state index is 12.2. The van der Waals surface area contributed by atoms with E-state index in [9.17, 15) is 8.42 Å². The second-order valence-electron chi connectivity index (χ2n) is 8.72. The molecule has 3 aromatic rings. The number of hydrogen-bond acceptors (Lipinski definition) is 5. The summed E-state index contributed by atoms with van der Waals surface area (Å²) in [7, 11) is -3.19. The molecule has 0 bridgehead atoms. The van der Waals surface area contributed by atoms with Crippen molar-refractivity contribution in [3.05, 3.63) is 60.0 Å². The van der Waals surface area contributed by atoms with Crippen LogP contribution in [0.5, 0.6) is 0 Å². The first-order valence-corrected chi connectivity index (χ1v) is 13.2. The molecule has 0 amide bonds. The molecule has 1 saturated heterocycles. The normalized spacial score (nSPS) is 17.2. The molecule has 0 radical (unpaired) electrons. The lowest BCUT2D eigenvalue weighted by atomic mass is 10.0. The summed E-state index contributed by atoms with van der Waals surface area (Å²) < 4.78 is 30.4. The number of aromatic nitrogens is 1. The Kier molecular flexibility index (Phi) is 6.82. The second kappa shape index (κ2) is 9.59. The van der Waals surface area contributed by atoms with Crippen LogP contribution in [0.4, 0.5) is 0 Å². The van der Waals surface area contributed by atoms with Gasteiger partial charge in [0.05, 0.1) is 16.3 Å². The Morgan fingerprint density at radius 3 is 2.25 bits per heavy atom. The van der Waals surface area contributed by atoms with Crippen molar-refractivity contribution in [3.63, 3.8) is 0 Å². The number of nitrogens with zero attached hydrogens (tertiary/aromatic N) is 2. The van der Waals surface area contributed by atoms with Gasteiger partial charge >= 0.3 is 0 Å². The number of hydrogen-bond donors (Lipinski definition) is 0. The predicted octanol–water partition coefficient (Wildman–Crippen LogP) is 5.53. The molecule has 1 aliphatic rings. The molecule has 5 nitrogen and oxygen atoms in total. The van der Waals surface area contributed by atoms with Gasteiger partial charge < -0.3 is 9.32 Å². The summed E-state index contributed by atoms with van der Waals surface area (Å²) in [6.45, 7) is 8.36. The van der Waals surface area contributed by atoms with Gasteiger partial charge in [-0.15, -0.1) is 0 Å². The average molecular weight is 453 g/mol. The highest BCUT2D eigenvalue weighted by Gasteiger charge is 2.21. The zero-order chi connectivity index (χ0) is 22.7. The molecule has 2 aromatic carbocycles. The summed E-state index contributed by atoms with van der Waals surface area (Å²) in [6.07, 6.45) is 4.09. The van der Waals surface area contributed by atoms with Crippen molar-refractivity contribution in [1.29, 1.82) is 0 Å². The molecule has 1 aromatic heterocycles. The molecule has 6 heteroatoms. The molecule has 170 valence electrons. The van der Waals surface area contributed by atoms with Crippen LogP contribution in [0.15, 0.2) is 57.8 Å². The van der Waals surface area contributed by atoms with Gasteiger partial charge in [0.2, 0.25) is 5.89 Å². The monoisotopic (exact) mass is 452 g/mol. The van der Waals surface area contributed by atoms with Crippen LogP contribution in [0.1, 0.15) is 44.6 Å². The van der Waals surface area contributed by atoms with Crippen LogP contribution >= 0.6 is 0 Å². The highest BCUT2D eigenvalue weighted by Crippen LogP contribution is 2.27. The minimum absolute atomic E-state index is 0.176. The highest BCUT2D eigenvalue weighted by molar-refractivity contribution is 7.91. The molecular formula is C26H32N2O3S. The summed E-state index contributed by atoms with van der Waals surface area (Å²) in [6, 6.07) is 15.8. The van der Waals surface area contributed by atoms with Crippen LogP contribution in [-0.2, 0) is 16.3 Å². The first kappa shape index (κ1) is 22.7. The zero-order valence-electron chi connectivity index (χ0n) is 19.2. The van der Waals surface area contributed by atoms with E-state index in [0.29, 0.717) is 23.2 Å². The van der Waals surface area contributed by atoms with E-state index in [2.05, 4.69) is 11.8 Å². The Morgan fingerprint density at radius 2 is 1.66 bits per heavy atom. The van der Waals surface area contributed by atoms with E-state index in [0.717, 1.165) is 41.1 Å². The standard InChI is InChI=1S/C26H32N2O3S/c1-4-18-32(29,30)24-13-11-22(12-14-24)21-7-9-23(10-8-21)26-27-25(20(3)31-26)15-17-28-16-5-6-19(28)2/h7-14,19H,4-6,15-18H2,1-3H3. The van der Waals surface area contributed by atoms with Gasteiger partial charge in [-0.1, -0.05) is 31.2 Å². The SMILES string of the molecule is CCCS(=O)(=O)c1ccc(-c2ccc(-c3nc(CCN4CCCC4C)c(C)o3)cc2)cc1. The molecule has 1 atom stereocenters. The van der Waals surface area contributed by atoms with E-state index in [1.807, 2.05) is 50.2 Å². The van der Waals surface area contributed by atoms with E-state index in [1.54, 1.807) is 12.1 Å². The Morgan fingerprint density at radius 1 is 1.03 bits per heavy atom. The first-order chi connectivity index (χ1) is 15.4. The topological polar surface area (TPSA) is 63.4 Å². The Bertz CT molecular complexity index is 1150. The fourth-order valence-corrected chi connectivity index (χ4v) is 5.73. The molecule has 4 rings (SSSR count). The molecule has 1 fully saturated rings. The fraction of sp³-hybridized carbons (Fsp3) is 0.423. The molecule has 0 spiro atoms. The third-order valence-electron chi connectivity index (χ3n) is 6.37. The molecule has 1 aliphatic heterocycles. The first-order valence-electron chi connectivity index (χ1n) is 11.5. The third-order valence-corrected chi connectivity index (χ3v) is 8.31. The van der Waals surface area contributed by atoms with Gasteiger partial charge in [0, 0.05) is 24.6 Å². The van der Waals surface area contributed by atoms with Crippen LogP contribution in [0.25, 0.3) is 22.6 Å². The smallest absolute Gasteiger partial charge is 0.226 e. The lowest BCUT2D eigenvalue weighted by Gasteiger charge is -2.20. The lowest BCUT2D eigenvalue weighted by molar-refractivity contribution is 0.271. The predicted molar refractivity (Wildman–Crippen MR) is 128 cm³/mol. The van der Waals surface area contributed by atoms with E-state index in [-0.39, 0.29) is 5.75 Å². The van der Waals surface area contributed by atoms with Crippen LogP contribution in [0, 0.1) is 6.92 Å². The van der Waals surface area contributed by atoms with E-state index in [1.165, 1.54) is 19.4 Å². The summed E-state index contributed by atoms with van der Waals surface area (Å²) in [5, 5.41) is 0. The van der Waals surface area contributed by atoms with Crippen LogP contribution in [0.3, 0.4) is 0 Å². The highest BCUT2D eigenvalue weighted by atomic mass is 32.2. The second-order valence-corrected chi connectivity index (χ2v) is 10.8. The van der Waals surface area contributed by atoms with Gasteiger partial charge in [-0.05, 0) is 75.0 Å².